The highest BCUT2D eigenvalue weighted by Crippen LogP contribution is 2.48. The van der Waals surface area contributed by atoms with Crippen molar-refractivity contribution in [3.8, 4) is 0 Å². The molecule has 1 fully saturated rings. The molecule has 2 atom stereocenters. The number of anilines is 1. The highest BCUT2D eigenvalue weighted by Gasteiger charge is 2.46. The standard InChI is InChI=1S/C25H24N2O3S2/c1-2-17-12-14-18(15-13-17)32(29,30)27-21-9-4-3-7-19(21)26-20-8-5-10-22(28)24(20)25(27)23-11-6-16-31-23/h3-4,6-7,9,11-16,24-25H,2,5,8,10H2,1H3. The molecule has 0 N–H and O–H groups in total. The van der Waals surface area contributed by atoms with Crippen molar-refractivity contribution in [2.24, 2.45) is 10.9 Å². The Bertz CT molecular complexity index is 1280. The number of nitrogens with zero attached hydrogens (tertiary/aromatic N) is 2. The van der Waals surface area contributed by atoms with Crippen LogP contribution in [-0.2, 0) is 21.2 Å². The highest BCUT2D eigenvalue weighted by molar-refractivity contribution is 7.92. The number of Topliss-reactive ketones (excluding diaryl/α,β-unsaturated/α-hetero) is 1. The summed E-state index contributed by atoms with van der Waals surface area (Å²) in [6.45, 7) is 2.04. The first-order valence-corrected chi connectivity index (χ1v) is 13.2. The van der Waals surface area contributed by atoms with E-state index in [9.17, 15) is 13.2 Å². The van der Waals surface area contributed by atoms with E-state index in [1.54, 1.807) is 18.2 Å². The van der Waals surface area contributed by atoms with E-state index in [1.165, 1.54) is 15.6 Å². The van der Waals surface area contributed by atoms with E-state index < -0.39 is 22.0 Å². The fraction of sp³-hybridized carbons (Fsp3) is 0.280. The smallest absolute Gasteiger partial charge is 0.265 e. The van der Waals surface area contributed by atoms with Gasteiger partial charge in [-0.3, -0.25) is 14.1 Å². The Morgan fingerprint density at radius 1 is 1.03 bits per heavy atom. The van der Waals surface area contributed by atoms with Crippen molar-refractivity contribution in [2.45, 2.75) is 43.5 Å². The van der Waals surface area contributed by atoms with Gasteiger partial charge in [-0.05, 0) is 60.5 Å². The van der Waals surface area contributed by atoms with Crippen molar-refractivity contribution < 1.29 is 13.2 Å². The molecule has 1 aliphatic heterocycles. The Hall–Kier alpha value is -2.77. The summed E-state index contributed by atoms with van der Waals surface area (Å²) >= 11 is 1.48. The number of fused-ring (bicyclic) bond motifs is 2. The fourth-order valence-corrected chi connectivity index (χ4v) is 7.21. The van der Waals surface area contributed by atoms with Crippen molar-refractivity contribution in [1.82, 2.24) is 0 Å². The Kier molecular flexibility index (Phi) is 5.47. The first-order chi connectivity index (χ1) is 15.5. The van der Waals surface area contributed by atoms with Crippen LogP contribution in [0.4, 0.5) is 11.4 Å². The fourth-order valence-electron chi connectivity index (χ4n) is 4.64. The summed E-state index contributed by atoms with van der Waals surface area (Å²) < 4.78 is 29.8. The minimum Gasteiger partial charge on any atom is -0.299 e. The Labute approximate surface area is 192 Å². The van der Waals surface area contributed by atoms with Crippen LogP contribution in [0.1, 0.15) is 42.7 Å². The zero-order chi connectivity index (χ0) is 22.3. The Morgan fingerprint density at radius 2 is 1.81 bits per heavy atom. The summed E-state index contributed by atoms with van der Waals surface area (Å²) in [5.41, 5.74) is 2.96. The average Bonchev–Trinajstić information content (AvgIpc) is 3.28. The largest absolute Gasteiger partial charge is 0.299 e. The maximum Gasteiger partial charge on any atom is 0.265 e. The van der Waals surface area contributed by atoms with Crippen molar-refractivity contribution in [3.63, 3.8) is 0 Å². The summed E-state index contributed by atoms with van der Waals surface area (Å²) in [4.78, 5) is 19.2. The lowest BCUT2D eigenvalue weighted by Gasteiger charge is -2.37. The molecule has 2 heterocycles. The molecule has 0 saturated heterocycles. The van der Waals surface area contributed by atoms with Gasteiger partial charge < -0.3 is 0 Å². The predicted octanol–water partition coefficient (Wildman–Crippen LogP) is 5.70. The van der Waals surface area contributed by atoms with Crippen LogP contribution < -0.4 is 4.31 Å². The number of para-hydroxylation sites is 2. The molecule has 164 valence electrons. The molecule has 32 heavy (non-hydrogen) atoms. The van der Waals surface area contributed by atoms with Gasteiger partial charge in [0.25, 0.3) is 10.0 Å². The maximum absolute atomic E-state index is 14.2. The molecular formula is C25H24N2O3S2. The Balaban J connectivity index is 1.77. The van der Waals surface area contributed by atoms with Crippen LogP contribution in [-0.4, -0.2) is 19.9 Å². The first-order valence-electron chi connectivity index (χ1n) is 10.9. The van der Waals surface area contributed by atoms with Crippen molar-refractivity contribution in [1.29, 1.82) is 0 Å². The monoisotopic (exact) mass is 464 g/mol. The number of aliphatic imine (C=N–C) groups is 1. The van der Waals surface area contributed by atoms with Gasteiger partial charge in [0.05, 0.1) is 28.2 Å². The van der Waals surface area contributed by atoms with Crippen LogP contribution in [0.15, 0.2) is 75.9 Å². The summed E-state index contributed by atoms with van der Waals surface area (Å²) in [5, 5.41) is 1.93. The second-order valence-corrected chi connectivity index (χ2v) is 10.9. The summed E-state index contributed by atoms with van der Waals surface area (Å²) in [6, 6.07) is 17.5. The first kappa shape index (κ1) is 21.1. The quantitative estimate of drug-likeness (QED) is 0.497. The third-order valence-corrected chi connectivity index (χ3v) is 8.99. The van der Waals surface area contributed by atoms with Gasteiger partial charge in [0.1, 0.15) is 5.78 Å². The van der Waals surface area contributed by atoms with E-state index in [0.717, 1.165) is 29.0 Å². The minimum atomic E-state index is -3.96. The highest BCUT2D eigenvalue weighted by atomic mass is 32.2. The van der Waals surface area contributed by atoms with Gasteiger partial charge in [-0.15, -0.1) is 11.3 Å². The number of aryl methyl sites for hydroxylation is 1. The van der Waals surface area contributed by atoms with E-state index in [1.807, 2.05) is 54.8 Å². The van der Waals surface area contributed by atoms with Crippen molar-refractivity contribution >= 4 is 44.2 Å². The van der Waals surface area contributed by atoms with Gasteiger partial charge in [0.15, 0.2) is 0 Å². The van der Waals surface area contributed by atoms with Gasteiger partial charge in [0, 0.05) is 17.0 Å². The van der Waals surface area contributed by atoms with Crippen molar-refractivity contribution in [3.05, 3.63) is 76.5 Å². The molecular weight excluding hydrogens is 440 g/mol. The molecule has 2 aromatic carbocycles. The van der Waals surface area contributed by atoms with Crippen LogP contribution in [0.3, 0.4) is 0 Å². The maximum atomic E-state index is 14.2. The molecule has 7 heteroatoms. The zero-order valence-electron chi connectivity index (χ0n) is 17.8. The normalized spacial score (nSPS) is 20.8. The third-order valence-electron chi connectivity index (χ3n) is 6.24. The SMILES string of the molecule is CCc1ccc(S(=O)(=O)N2c3ccccc3N=C3CCCC(=O)C3C2c2cccs2)cc1. The third kappa shape index (κ3) is 3.49. The second-order valence-electron chi connectivity index (χ2n) is 8.15. The molecule has 5 rings (SSSR count). The van der Waals surface area contributed by atoms with Crippen LogP contribution >= 0.6 is 11.3 Å². The van der Waals surface area contributed by atoms with Crippen LogP contribution in [0.5, 0.6) is 0 Å². The average molecular weight is 465 g/mol. The van der Waals surface area contributed by atoms with Gasteiger partial charge in [0.2, 0.25) is 0 Å². The van der Waals surface area contributed by atoms with E-state index in [0.29, 0.717) is 24.2 Å². The van der Waals surface area contributed by atoms with Gasteiger partial charge in [-0.2, -0.15) is 0 Å². The number of thiophene rings is 1. The van der Waals surface area contributed by atoms with E-state index in [-0.39, 0.29) is 10.7 Å². The molecule has 2 unspecified atom stereocenters. The number of benzene rings is 2. The Morgan fingerprint density at radius 3 is 2.53 bits per heavy atom. The number of carbonyl (C=O) groups is 1. The summed E-state index contributed by atoms with van der Waals surface area (Å²) in [6.07, 6.45) is 2.73. The lowest BCUT2D eigenvalue weighted by atomic mass is 9.80. The van der Waals surface area contributed by atoms with Crippen molar-refractivity contribution in [2.75, 3.05) is 4.31 Å². The molecule has 0 amide bonds. The zero-order valence-corrected chi connectivity index (χ0v) is 19.4. The molecule has 5 nitrogen and oxygen atoms in total. The predicted molar refractivity (Wildman–Crippen MR) is 128 cm³/mol. The second kappa shape index (κ2) is 8.30. The number of hydrogen-bond acceptors (Lipinski definition) is 5. The summed E-state index contributed by atoms with van der Waals surface area (Å²) in [7, 11) is -3.96. The topological polar surface area (TPSA) is 66.8 Å². The van der Waals surface area contributed by atoms with Crippen LogP contribution in [0.2, 0.25) is 0 Å². The van der Waals surface area contributed by atoms with Gasteiger partial charge in [-0.1, -0.05) is 37.3 Å². The molecule has 0 radical (unpaired) electrons. The minimum absolute atomic E-state index is 0.0581. The van der Waals surface area contributed by atoms with Gasteiger partial charge in [-0.25, -0.2) is 8.42 Å². The van der Waals surface area contributed by atoms with E-state index >= 15 is 0 Å². The summed E-state index contributed by atoms with van der Waals surface area (Å²) in [5.74, 6) is -0.526. The molecule has 1 saturated carbocycles. The molecule has 1 aromatic heterocycles. The molecule has 3 aromatic rings. The number of sulfonamides is 1. The number of carbonyl (C=O) groups excluding carboxylic acids is 1. The molecule has 0 bridgehead atoms. The number of rotatable bonds is 4. The van der Waals surface area contributed by atoms with Crippen LogP contribution in [0.25, 0.3) is 0 Å². The van der Waals surface area contributed by atoms with E-state index in [4.69, 9.17) is 4.99 Å². The van der Waals surface area contributed by atoms with E-state index in [2.05, 4.69) is 0 Å². The molecule has 2 aliphatic rings. The van der Waals surface area contributed by atoms with Crippen LogP contribution in [0, 0.1) is 5.92 Å². The molecule has 1 aliphatic carbocycles. The van der Waals surface area contributed by atoms with Gasteiger partial charge >= 0.3 is 0 Å². The number of ketones is 1. The lowest BCUT2D eigenvalue weighted by molar-refractivity contribution is -0.122. The molecule has 0 spiro atoms. The lowest BCUT2D eigenvalue weighted by Crippen LogP contribution is -2.44. The number of hydrogen-bond donors (Lipinski definition) is 0.